The number of hydrogen-bond donors (Lipinski definition) is 0. The minimum Gasteiger partial charge on any atom is -1.00 e. The molecule has 0 unspecified atom stereocenters. The van der Waals surface area contributed by atoms with Crippen molar-refractivity contribution in [1.29, 1.82) is 0 Å². The Morgan fingerprint density at radius 2 is 1.75 bits per heavy atom. The summed E-state index contributed by atoms with van der Waals surface area (Å²) in [6.07, 6.45) is 12.6. The second-order valence-electron chi connectivity index (χ2n) is 4.39. The van der Waals surface area contributed by atoms with Crippen LogP contribution in [0.1, 0.15) is 51.0 Å². The molecule has 1 heterocycles. The Morgan fingerprint density at radius 1 is 1.06 bits per heavy atom. The van der Waals surface area contributed by atoms with E-state index < -0.39 is 0 Å². The van der Waals surface area contributed by atoms with Crippen molar-refractivity contribution in [2.75, 3.05) is 0 Å². The highest BCUT2D eigenvalue weighted by atomic mass is 19.0. The third-order valence-corrected chi connectivity index (χ3v) is 2.78. The van der Waals surface area contributed by atoms with Crippen molar-refractivity contribution in [3.63, 3.8) is 0 Å². The minimum atomic E-state index is 0. The molecule has 0 aromatic carbocycles. The zero-order valence-corrected chi connectivity index (χ0v) is 10.6. The van der Waals surface area contributed by atoms with Gasteiger partial charge in [0.1, 0.15) is 6.54 Å². The van der Waals surface area contributed by atoms with Crippen LogP contribution in [0.2, 0.25) is 0 Å². The normalized spacial score (nSPS) is 9.88. The van der Waals surface area contributed by atoms with Gasteiger partial charge >= 0.3 is 0 Å². The Hall–Kier alpha value is -0.920. The summed E-state index contributed by atoms with van der Waals surface area (Å²) >= 11 is 0. The number of pyridine rings is 1. The van der Waals surface area contributed by atoms with Crippen molar-refractivity contribution < 1.29 is 9.27 Å². The molecule has 0 amide bonds. The lowest BCUT2D eigenvalue weighted by Gasteiger charge is -1.99. The molecule has 0 saturated heterocycles. The average Bonchev–Trinajstić information content (AvgIpc) is 2.23. The number of rotatable bonds is 7. The van der Waals surface area contributed by atoms with Crippen molar-refractivity contribution in [3.05, 3.63) is 30.1 Å². The summed E-state index contributed by atoms with van der Waals surface area (Å²) in [6.45, 7) is 5.59. The third-order valence-electron chi connectivity index (χ3n) is 2.78. The molecule has 0 bridgehead atoms. The molecular weight excluding hydrogens is 201 g/mol. The van der Waals surface area contributed by atoms with E-state index in [1.807, 2.05) is 0 Å². The van der Waals surface area contributed by atoms with Gasteiger partial charge < -0.3 is 4.70 Å². The van der Waals surface area contributed by atoms with Crippen LogP contribution in [0.5, 0.6) is 0 Å². The van der Waals surface area contributed by atoms with E-state index in [0.29, 0.717) is 0 Å². The molecule has 16 heavy (non-hydrogen) atoms. The standard InChI is InChI=1S/C14H24N.FH/c1-3-4-5-6-7-8-11-15-12-9-10-14(2)13-15;/h9-10,12-13H,3-8,11H2,1-2H3;1H/q+1;/p-1. The SMILES string of the molecule is CCCCCCCC[n+]1cccc(C)c1.[F-]. The Kier molecular flexibility index (Phi) is 8.78. The van der Waals surface area contributed by atoms with E-state index in [2.05, 4.69) is 42.9 Å². The molecule has 1 rings (SSSR count). The molecule has 92 valence electrons. The first-order valence-corrected chi connectivity index (χ1v) is 6.28. The van der Waals surface area contributed by atoms with Gasteiger partial charge in [-0.15, -0.1) is 0 Å². The Labute approximate surface area is 98.9 Å². The first kappa shape index (κ1) is 15.1. The van der Waals surface area contributed by atoms with Gasteiger partial charge in [-0.3, -0.25) is 0 Å². The topological polar surface area (TPSA) is 3.88 Å². The van der Waals surface area contributed by atoms with Gasteiger partial charge in [0.05, 0.1) is 0 Å². The molecule has 0 saturated carbocycles. The highest BCUT2D eigenvalue weighted by Gasteiger charge is 1.99. The van der Waals surface area contributed by atoms with Crippen LogP contribution in [0.25, 0.3) is 0 Å². The number of unbranched alkanes of at least 4 members (excludes halogenated alkanes) is 5. The number of nitrogens with zero attached hydrogens (tertiary/aromatic N) is 1. The number of aromatic nitrogens is 1. The van der Waals surface area contributed by atoms with E-state index in [1.54, 1.807) is 0 Å². The monoisotopic (exact) mass is 225 g/mol. The summed E-state index contributed by atoms with van der Waals surface area (Å²) < 4.78 is 2.30. The maximum Gasteiger partial charge on any atom is 0.171 e. The molecule has 0 radical (unpaired) electrons. The summed E-state index contributed by atoms with van der Waals surface area (Å²) in [6, 6.07) is 4.28. The van der Waals surface area contributed by atoms with Crippen LogP contribution in [-0.2, 0) is 6.54 Å². The van der Waals surface area contributed by atoms with Crippen LogP contribution in [-0.4, -0.2) is 0 Å². The predicted octanol–water partition coefficient (Wildman–Crippen LogP) is 0.647. The van der Waals surface area contributed by atoms with Gasteiger partial charge in [0.2, 0.25) is 0 Å². The van der Waals surface area contributed by atoms with Crippen molar-refractivity contribution in [1.82, 2.24) is 0 Å². The summed E-state index contributed by atoms with van der Waals surface area (Å²) in [5, 5.41) is 0. The second kappa shape index (κ2) is 9.32. The minimum absolute atomic E-state index is 0. The molecule has 0 N–H and O–H groups in total. The zero-order valence-electron chi connectivity index (χ0n) is 10.6. The Balaban J connectivity index is 0.00000225. The van der Waals surface area contributed by atoms with Crippen LogP contribution < -0.4 is 9.27 Å². The van der Waals surface area contributed by atoms with E-state index in [9.17, 15) is 0 Å². The maximum atomic E-state index is 2.30. The average molecular weight is 225 g/mol. The molecule has 1 nitrogen and oxygen atoms in total. The van der Waals surface area contributed by atoms with Crippen LogP contribution in [0.3, 0.4) is 0 Å². The van der Waals surface area contributed by atoms with Gasteiger partial charge in [0.25, 0.3) is 0 Å². The molecule has 0 spiro atoms. The van der Waals surface area contributed by atoms with Crippen LogP contribution in [0.4, 0.5) is 0 Å². The first-order chi connectivity index (χ1) is 7.33. The number of hydrogen-bond acceptors (Lipinski definition) is 0. The van der Waals surface area contributed by atoms with E-state index in [0.717, 1.165) is 0 Å². The quantitative estimate of drug-likeness (QED) is 0.474. The molecule has 0 aliphatic heterocycles. The van der Waals surface area contributed by atoms with Gasteiger partial charge in [-0.05, 0) is 19.4 Å². The van der Waals surface area contributed by atoms with E-state index >= 15 is 0 Å². The van der Waals surface area contributed by atoms with Crippen molar-refractivity contribution in [2.45, 2.75) is 58.9 Å². The third kappa shape index (κ3) is 6.54. The van der Waals surface area contributed by atoms with E-state index in [-0.39, 0.29) is 4.70 Å². The highest BCUT2D eigenvalue weighted by Crippen LogP contribution is 2.04. The van der Waals surface area contributed by atoms with Gasteiger partial charge in [0, 0.05) is 18.1 Å². The van der Waals surface area contributed by atoms with Gasteiger partial charge in [-0.2, -0.15) is 0 Å². The van der Waals surface area contributed by atoms with Crippen molar-refractivity contribution >= 4 is 0 Å². The van der Waals surface area contributed by atoms with Gasteiger partial charge in [-0.25, -0.2) is 4.57 Å². The second-order valence-corrected chi connectivity index (χ2v) is 4.39. The maximum absolute atomic E-state index is 2.30. The lowest BCUT2D eigenvalue weighted by Crippen LogP contribution is -3.00. The fourth-order valence-corrected chi connectivity index (χ4v) is 1.87. The molecule has 2 heteroatoms. The largest absolute Gasteiger partial charge is 1.00 e. The van der Waals surface area contributed by atoms with Crippen LogP contribution >= 0.6 is 0 Å². The summed E-state index contributed by atoms with van der Waals surface area (Å²) in [7, 11) is 0. The van der Waals surface area contributed by atoms with E-state index in [4.69, 9.17) is 0 Å². The predicted molar refractivity (Wildman–Crippen MR) is 64.8 cm³/mol. The molecule has 0 fully saturated rings. The Bertz CT molecular complexity index is 273. The van der Waals surface area contributed by atoms with Crippen molar-refractivity contribution in [2.24, 2.45) is 0 Å². The summed E-state index contributed by atoms with van der Waals surface area (Å²) in [5.74, 6) is 0. The molecule has 1 aromatic heterocycles. The van der Waals surface area contributed by atoms with Crippen molar-refractivity contribution in [3.8, 4) is 0 Å². The molecular formula is C14H24FN. The lowest BCUT2D eigenvalue weighted by atomic mass is 10.1. The lowest BCUT2D eigenvalue weighted by molar-refractivity contribution is -0.697. The number of halogens is 1. The fraction of sp³-hybridized carbons (Fsp3) is 0.643. The smallest absolute Gasteiger partial charge is 0.171 e. The molecule has 0 aliphatic carbocycles. The Morgan fingerprint density at radius 3 is 2.44 bits per heavy atom. The highest BCUT2D eigenvalue weighted by molar-refractivity contribution is 5.01. The van der Waals surface area contributed by atoms with E-state index in [1.165, 1.54) is 50.6 Å². The van der Waals surface area contributed by atoms with Crippen LogP contribution in [0, 0.1) is 6.92 Å². The first-order valence-electron chi connectivity index (χ1n) is 6.28. The van der Waals surface area contributed by atoms with Crippen LogP contribution in [0.15, 0.2) is 24.5 Å². The fourth-order valence-electron chi connectivity index (χ4n) is 1.87. The summed E-state index contributed by atoms with van der Waals surface area (Å²) in [4.78, 5) is 0. The number of aryl methyl sites for hydroxylation is 2. The molecule has 1 aromatic rings. The molecule has 0 atom stereocenters. The van der Waals surface area contributed by atoms with Gasteiger partial charge in [-0.1, -0.05) is 32.6 Å². The van der Waals surface area contributed by atoms with Gasteiger partial charge in [0.15, 0.2) is 12.4 Å². The molecule has 0 aliphatic rings. The summed E-state index contributed by atoms with van der Waals surface area (Å²) in [5.41, 5.74) is 1.35. The zero-order chi connectivity index (χ0) is 10.9.